The molecule has 1 aliphatic carbocycles. The van der Waals surface area contributed by atoms with Crippen LogP contribution in [0.5, 0.6) is 0 Å². The number of thioether (sulfide) groups is 1. The van der Waals surface area contributed by atoms with Gasteiger partial charge in [-0.05, 0) is 31.2 Å². The molecule has 1 heterocycles. The van der Waals surface area contributed by atoms with E-state index in [2.05, 4.69) is 21.8 Å². The monoisotopic (exact) mass is 229 g/mol. The lowest BCUT2D eigenvalue weighted by Gasteiger charge is -2.12. The predicted octanol–water partition coefficient (Wildman–Crippen LogP) is 2.44. The van der Waals surface area contributed by atoms with Crippen molar-refractivity contribution < 1.29 is 0 Å². The number of aromatic nitrogens is 2. The van der Waals surface area contributed by atoms with Crippen LogP contribution in [0.3, 0.4) is 0 Å². The summed E-state index contributed by atoms with van der Waals surface area (Å²) >= 11 is 7.56. The normalized spacial score (nSPS) is 17.9. The highest BCUT2D eigenvalue weighted by molar-refractivity contribution is 8.00. The molecule has 1 aromatic heterocycles. The molecule has 0 spiro atoms. The van der Waals surface area contributed by atoms with Gasteiger partial charge in [0, 0.05) is 11.3 Å². The first-order valence-corrected chi connectivity index (χ1v) is 6.13. The lowest BCUT2D eigenvalue weighted by molar-refractivity contribution is 0.922. The van der Waals surface area contributed by atoms with Crippen LogP contribution in [0, 0.1) is 0 Å². The minimum atomic E-state index is 0.432. The topological polar surface area (TPSA) is 37.8 Å². The molecule has 0 unspecified atom stereocenters. The van der Waals surface area contributed by atoms with Crippen molar-refractivity contribution in [3.63, 3.8) is 0 Å². The van der Waals surface area contributed by atoms with Crippen LogP contribution in [-0.2, 0) is 0 Å². The van der Waals surface area contributed by atoms with Gasteiger partial charge in [0.15, 0.2) is 5.15 Å². The highest BCUT2D eigenvalue weighted by atomic mass is 35.5. The first kappa shape index (κ1) is 10.1. The van der Waals surface area contributed by atoms with E-state index in [0.29, 0.717) is 9.90 Å². The van der Waals surface area contributed by atoms with E-state index in [9.17, 15) is 0 Å². The number of halogens is 1. The summed E-state index contributed by atoms with van der Waals surface area (Å²) in [6.45, 7) is 0.963. The molecule has 0 aromatic carbocycles. The second kappa shape index (κ2) is 3.95. The number of hydrogen-bond donors (Lipinski definition) is 1. The summed E-state index contributed by atoms with van der Waals surface area (Å²) in [7, 11) is 0. The third kappa shape index (κ3) is 2.30. The quantitative estimate of drug-likeness (QED) is 0.861. The van der Waals surface area contributed by atoms with Gasteiger partial charge in [-0.3, -0.25) is 0 Å². The zero-order valence-electron chi connectivity index (χ0n) is 7.96. The van der Waals surface area contributed by atoms with E-state index in [1.165, 1.54) is 12.8 Å². The van der Waals surface area contributed by atoms with E-state index in [0.717, 1.165) is 12.4 Å². The van der Waals surface area contributed by atoms with Gasteiger partial charge < -0.3 is 5.32 Å². The molecular weight excluding hydrogens is 218 g/mol. The molecule has 1 aromatic rings. The van der Waals surface area contributed by atoms with Gasteiger partial charge in [0.1, 0.15) is 5.82 Å². The van der Waals surface area contributed by atoms with Crippen molar-refractivity contribution in [1.82, 2.24) is 10.2 Å². The third-order valence-corrected chi connectivity index (χ3v) is 4.08. The van der Waals surface area contributed by atoms with E-state index in [-0.39, 0.29) is 0 Å². The summed E-state index contributed by atoms with van der Waals surface area (Å²) in [4.78, 5) is 0. The molecule has 76 valence electrons. The van der Waals surface area contributed by atoms with E-state index in [1.54, 1.807) is 6.07 Å². The fraction of sp³-hybridized carbons (Fsp3) is 0.556. The molecule has 0 atom stereocenters. The van der Waals surface area contributed by atoms with Crippen molar-refractivity contribution in [3.05, 3.63) is 17.3 Å². The van der Waals surface area contributed by atoms with Crippen LogP contribution in [0.25, 0.3) is 0 Å². The molecule has 2 rings (SSSR count). The summed E-state index contributed by atoms with van der Waals surface area (Å²) in [6.07, 6.45) is 4.74. The summed E-state index contributed by atoms with van der Waals surface area (Å²) in [5.74, 6) is 0.801. The van der Waals surface area contributed by atoms with Gasteiger partial charge in [-0.25, -0.2) is 0 Å². The number of nitrogens with zero attached hydrogens (tertiary/aromatic N) is 2. The summed E-state index contributed by atoms with van der Waals surface area (Å²) in [6, 6.07) is 3.60. The fourth-order valence-electron chi connectivity index (χ4n) is 1.25. The molecule has 1 N–H and O–H groups in total. The molecule has 1 saturated carbocycles. The van der Waals surface area contributed by atoms with Crippen LogP contribution in [-0.4, -0.2) is 27.7 Å². The molecule has 14 heavy (non-hydrogen) atoms. The maximum absolute atomic E-state index is 5.64. The van der Waals surface area contributed by atoms with Crippen molar-refractivity contribution in [3.8, 4) is 0 Å². The van der Waals surface area contributed by atoms with Crippen LogP contribution in [0.4, 0.5) is 5.82 Å². The lowest BCUT2D eigenvalue weighted by atomic mass is 10.4. The molecule has 1 fully saturated rings. The summed E-state index contributed by atoms with van der Waals surface area (Å²) in [5.41, 5.74) is 0. The van der Waals surface area contributed by atoms with Gasteiger partial charge in [0.25, 0.3) is 0 Å². The molecule has 0 amide bonds. The van der Waals surface area contributed by atoms with Crippen molar-refractivity contribution in [1.29, 1.82) is 0 Å². The molecule has 5 heteroatoms. The van der Waals surface area contributed by atoms with Gasteiger partial charge >= 0.3 is 0 Å². The highest BCUT2D eigenvalue weighted by Crippen LogP contribution is 2.46. The van der Waals surface area contributed by atoms with Crippen LogP contribution in [0.2, 0.25) is 5.15 Å². The first-order valence-electron chi connectivity index (χ1n) is 4.52. The highest BCUT2D eigenvalue weighted by Gasteiger charge is 2.41. The lowest BCUT2D eigenvalue weighted by Crippen LogP contribution is -2.18. The molecule has 1 aliphatic rings. The molecule has 0 saturated heterocycles. The van der Waals surface area contributed by atoms with Crippen molar-refractivity contribution >= 4 is 29.2 Å². The van der Waals surface area contributed by atoms with E-state index in [4.69, 9.17) is 11.6 Å². The molecule has 0 radical (unpaired) electrons. The Kier molecular flexibility index (Phi) is 2.83. The summed E-state index contributed by atoms with van der Waals surface area (Å²) in [5, 5.41) is 11.4. The average molecular weight is 230 g/mol. The average Bonchev–Trinajstić information content (AvgIpc) is 2.98. The van der Waals surface area contributed by atoms with Crippen molar-refractivity contribution in [2.45, 2.75) is 17.6 Å². The van der Waals surface area contributed by atoms with E-state index >= 15 is 0 Å². The summed E-state index contributed by atoms with van der Waals surface area (Å²) < 4.78 is 0.446. The molecule has 0 aliphatic heterocycles. The van der Waals surface area contributed by atoms with Crippen molar-refractivity contribution in [2.75, 3.05) is 18.1 Å². The van der Waals surface area contributed by atoms with E-state index in [1.807, 2.05) is 17.8 Å². The fourth-order valence-corrected chi connectivity index (χ4v) is 2.08. The van der Waals surface area contributed by atoms with Gasteiger partial charge in [0.05, 0.1) is 0 Å². The Morgan fingerprint density at radius 3 is 2.79 bits per heavy atom. The number of anilines is 1. The minimum Gasteiger partial charge on any atom is -0.367 e. The number of nitrogens with one attached hydrogen (secondary N) is 1. The Morgan fingerprint density at radius 1 is 1.50 bits per heavy atom. The van der Waals surface area contributed by atoms with Gasteiger partial charge in [-0.1, -0.05) is 11.6 Å². The van der Waals surface area contributed by atoms with Crippen LogP contribution < -0.4 is 5.32 Å². The third-order valence-electron chi connectivity index (χ3n) is 2.46. The largest absolute Gasteiger partial charge is 0.367 e. The molecule has 0 bridgehead atoms. The Bertz CT molecular complexity index is 310. The van der Waals surface area contributed by atoms with Gasteiger partial charge in [-0.2, -0.15) is 11.8 Å². The standard InChI is InChI=1S/C9H12ClN3S/c1-14-9(4-5-9)6-11-8-3-2-7(10)12-13-8/h2-3H,4-6H2,1H3,(H,11,13). The predicted molar refractivity (Wildman–Crippen MR) is 61.0 cm³/mol. The zero-order valence-corrected chi connectivity index (χ0v) is 9.53. The zero-order chi connectivity index (χ0) is 10.0. The number of hydrogen-bond acceptors (Lipinski definition) is 4. The maximum atomic E-state index is 5.64. The second-order valence-electron chi connectivity index (χ2n) is 3.48. The SMILES string of the molecule is CSC1(CNc2ccc(Cl)nn2)CC1. The number of rotatable bonds is 4. The Balaban J connectivity index is 1.89. The van der Waals surface area contributed by atoms with Crippen LogP contribution in [0.15, 0.2) is 12.1 Å². The van der Waals surface area contributed by atoms with E-state index < -0.39 is 0 Å². The Morgan fingerprint density at radius 2 is 2.29 bits per heavy atom. The Labute approximate surface area is 92.6 Å². The van der Waals surface area contributed by atoms with Crippen molar-refractivity contribution in [2.24, 2.45) is 0 Å². The van der Waals surface area contributed by atoms with Crippen LogP contribution in [0.1, 0.15) is 12.8 Å². The van der Waals surface area contributed by atoms with Crippen LogP contribution >= 0.6 is 23.4 Å². The van der Waals surface area contributed by atoms with Gasteiger partial charge in [0.2, 0.25) is 0 Å². The maximum Gasteiger partial charge on any atom is 0.151 e. The van der Waals surface area contributed by atoms with Gasteiger partial charge in [-0.15, -0.1) is 10.2 Å². The second-order valence-corrected chi connectivity index (χ2v) is 5.14. The first-order chi connectivity index (χ1) is 6.74. The Hall–Kier alpha value is -0.480. The minimum absolute atomic E-state index is 0.432. The smallest absolute Gasteiger partial charge is 0.151 e. The molecular formula is C9H12ClN3S. The molecule has 3 nitrogen and oxygen atoms in total.